The second-order valence-corrected chi connectivity index (χ2v) is 5.01. The average Bonchev–Trinajstić information content (AvgIpc) is 2.34. The molecule has 0 aliphatic rings. The normalized spacial score (nSPS) is 11.9. The summed E-state index contributed by atoms with van der Waals surface area (Å²) in [4.78, 5) is 11.8. The molecule has 0 saturated carbocycles. The second kappa shape index (κ2) is 7.11. The molecular formula is C14H19NO2S. The van der Waals surface area contributed by atoms with Crippen molar-refractivity contribution in [3.8, 4) is 0 Å². The van der Waals surface area contributed by atoms with Crippen molar-refractivity contribution in [2.24, 2.45) is 5.92 Å². The number of carbonyl (C=O) groups excluding carboxylic acids is 1. The Labute approximate surface area is 113 Å². The van der Waals surface area contributed by atoms with Crippen LogP contribution in [0, 0.1) is 12.8 Å². The fourth-order valence-electron chi connectivity index (χ4n) is 1.54. The molecule has 1 atom stereocenters. The molecule has 0 aliphatic heterocycles. The first kappa shape index (κ1) is 14.6. The predicted octanol–water partition coefficient (Wildman–Crippen LogP) is 2.91. The van der Waals surface area contributed by atoms with Crippen molar-refractivity contribution < 1.29 is 9.90 Å². The fourth-order valence-corrected chi connectivity index (χ4v) is 1.66. The molecule has 0 fully saturated rings. The van der Waals surface area contributed by atoms with Gasteiger partial charge in [0.05, 0.1) is 0 Å². The van der Waals surface area contributed by atoms with Crippen molar-refractivity contribution in [2.75, 3.05) is 0 Å². The number of hydrogen-bond donors (Lipinski definition) is 2. The molecule has 0 heterocycles. The molecule has 98 valence electrons. The molecule has 1 amide bonds. The van der Waals surface area contributed by atoms with Gasteiger partial charge in [-0.05, 0) is 31.1 Å². The summed E-state index contributed by atoms with van der Waals surface area (Å²) in [6, 6.07) is 8.05. The standard InChI is InChI=1S/C14H19NO2S/c1-10-3-6-12(7-4-10)9-15-14(17)11(2)5-8-13(16)18/h3-4,6-7,11H,5,8-9H2,1-2H3,(H,15,17)(H,16,18). The molecule has 2 N–H and O–H groups in total. The summed E-state index contributed by atoms with van der Waals surface area (Å²) in [5.41, 5.74) is 2.29. The molecule has 0 spiro atoms. The number of aliphatic hydroxyl groups excluding tert-OH is 1. The first-order chi connectivity index (χ1) is 8.49. The molecule has 1 aromatic rings. The van der Waals surface area contributed by atoms with Crippen LogP contribution in [-0.4, -0.2) is 16.1 Å². The summed E-state index contributed by atoms with van der Waals surface area (Å²) in [7, 11) is 0. The number of benzene rings is 1. The number of rotatable bonds is 6. The lowest BCUT2D eigenvalue weighted by molar-refractivity contribution is -0.124. The number of aliphatic hydroxyl groups is 1. The molecule has 1 unspecified atom stereocenters. The maximum atomic E-state index is 11.8. The van der Waals surface area contributed by atoms with E-state index in [9.17, 15) is 4.79 Å². The summed E-state index contributed by atoms with van der Waals surface area (Å²) in [6.45, 7) is 4.40. The highest BCUT2D eigenvalue weighted by molar-refractivity contribution is 7.80. The van der Waals surface area contributed by atoms with Gasteiger partial charge in [0, 0.05) is 18.9 Å². The Morgan fingerprint density at radius 1 is 1.39 bits per heavy atom. The Morgan fingerprint density at radius 3 is 2.56 bits per heavy atom. The van der Waals surface area contributed by atoms with Crippen molar-refractivity contribution in [2.45, 2.75) is 33.2 Å². The Bertz CT molecular complexity index is 414. The Morgan fingerprint density at radius 2 is 2.00 bits per heavy atom. The van der Waals surface area contributed by atoms with Crippen LogP contribution < -0.4 is 5.32 Å². The molecule has 18 heavy (non-hydrogen) atoms. The molecule has 0 aromatic heterocycles. The molecule has 0 bridgehead atoms. The van der Waals surface area contributed by atoms with Crippen molar-refractivity contribution in [1.82, 2.24) is 5.32 Å². The van der Waals surface area contributed by atoms with Crippen LogP contribution in [0.25, 0.3) is 0 Å². The third-order valence-electron chi connectivity index (χ3n) is 2.83. The summed E-state index contributed by atoms with van der Waals surface area (Å²) >= 11 is 4.58. The molecule has 1 rings (SSSR count). The number of aryl methyl sites for hydroxylation is 1. The highest BCUT2D eigenvalue weighted by Gasteiger charge is 2.12. The number of amides is 1. The van der Waals surface area contributed by atoms with E-state index in [0.29, 0.717) is 19.4 Å². The maximum absolute atomic E-state index is 11.8. The quantitative estimate of drug-likeness (QED) is 0.778. The van der Waals surface area contributed by atoms with Crippen LogP contribution in [0.15, 0.2) is 24.3 Å². The van der Waals surface area contributed by atoms with E-state index in [1.165, 1.54) is 5.56 Å². The molecule has 0 saturated heterocycles. The zero-order valence-electron chi connectivity index (χ0n) is 10.8. The number of hydrogen-bond acceptors (Lipinski definition) is 2. The number of nitrogens with one attached hydrogen (secondary N) is 1. The summed E-state index contributed by atoms with van der Waals surface area (Å²) in [5.74, 6) is -0.146. The highest BCUT2D eigenvalue weighted by Crippen LogP contribution is 2.07. The summed E-state index contributed by atoms with van der Waals surface area (Å²) in [6.07, 6.45) is 0.976. The van der Waals surface area contributed by atoms with Crippen LogP contribution in [0.2, 0.25) is 0 Å². The minimum Gasteiger partial charge on any atom is -0.502 e. The Balaban J connectivity index is 2.36. The van der Waals surface area contributed by atoms with E-state index in [-0.39, 0.29) is 16.9 Å². The minimum absolute atomic E-state index is 0.00757. The number of thiocarbonyl (C=S) groups is 1. The molecular weight excluding hydrogens is 246 g/mol. The zero-order valence-corrected chi connectivity index (χ0v) is 11.6. The number of carbonyl (C=O) groups is 1. The first-order valence-electron chi connectivity index (χ1n) is 6.04. The average molecular weight is 265 g/mol. The van der Waals surface area contributed by atoms with E-state index in [1.807, 2.05) is 38.1 Å². The van der Waals surface area contributed by atoms with Gasteiger partial charge in [-0.1, -0.05) is 36.8 Å². The lowest BCUT2D eigenvalue weighted by Gasteiger charge is -2.11. The smallest absolute Gasteiger partial charge is 0.223 e. The van der Waals surface area contributed by atoms with Gasteiger partial charge in [-0.15, -0.1) is 0 Å². The Kier molecular flexibility index (Phi) is 5.78. The predicted molar refractivity (Wildman–Crippen MR) is 76.7 cm³/mol. The van der Waals surface area contributed by atoms with Crippen molar-refractivity contribution >= 4 is 23.2 Å². The lowest BCUT2D eigenvalue weighted by atomic mass is 10.0. The van der Waals surface area contributed by atoms with E-state index >= 15 is 0 Å². The maximum Gasteiger partial charge on any atom is 0.223 e. The van der Waals surface area contributed by atoms with E-state index in [1.54, 1.807) is 0 Å². The van der Waals surface area contributed by atoms with Crippen molar-refractivity contribution in [3.05, 3.63) is 35.4 Å². The largest absolute Gasteiger partial charge is 0.502 e. The first-order valence-corrected chi connectivity index (χ1v) is 6.45. The highest BCUT2D eigenvalue weighted by atomic mass is 32.1. The summed E-state index contributed by atoms with van der Waals surface area (Å²) in [5, 5.41) is 11.8. The van der Waals surface area contributed by atoms with Crippen LogP contribution in [-0.2, 0) is 11.3 Å². The van der Waals surface area contributed by atoms with Gasteiger partial charge in [0.2, 0.25) is 5.91 Å². The summed E-state index contributed by atoms with van der Waals surface area (Å²) < 4.78 is 0. The van der Waals surface area contributed by atoms with Crippen LogP contribution >= 0.6 is 12.2 Å². The lowest BCUT2D eigenvalue weighted by Crippen LogP contribution is -2.29. The van der Waals surface area contributed by atoms with E-state index in [4.69, 9.17) is 5.11 Å². The Hall–Kier alpha value is -1.42. The van der Waals surface area contributed by atoms with Crippen LogP contribution in [0.5, 0.6) is 0 Å². The van der Waals surface area contributed by atoms with E-state index in [2.05, 4.69) is 17.5 Å². The topological polar surface area (TPSA) is 49.3 Å². The SMILES string of the molecule is Cc1ccc(CNC(=O)C(C)CCC(O)=S)cc1. The van der Waals surface area contributed by atoms with Gasteiger partial charge >= 0.3 is 0 Å². The fraction of sp³-hybridized carbons (Fsp3) is 0.429. The molecule has 0 aliphatic carbocycles. The van der Waals surface area contributed by atoms with Gasteiger partial charge in [0.25, 0.3) is 0 Å². The van der Waals surface area contributed by atoms with Gasteiger partial charge in [-0.3, -0.25) is 4.79 Å². The van der Waals surface area contributed by atoms with Gasteiger partial charge in [0.1, 0.15) is 0 Å². The van der Waals surface area contributed by atoms with Gasteiger partial charge in [-0.25, -0.2) is 0 Å². The van der Waals surface area contributed by atoms with Gasteiger partial charge in [0.15, 0.2) is 5.05 Å². The van der Waals surface area contributed by atoms with Crippen LogP contribution in [0.1, 0.15) is 30.9 Å². The van der Waals surface area contributed by atoms with Crippen LogP contribution in [0.3, 0.4) is 0 Å². The minimum atomic E-state index is -0.138. The monoisotopic (exact) mass is 265 g/mol. The third kappa shape index (κ3) is 5.27. The molecule has 4 heteroatoms. The van der Waals surface area contributed by atoms with Crippen molar-refractivity contribution in [3.63, 3.8) is 0 Å². The van der Waals surface area contributed by atoms with E-state index < -0.39 is 0 Å². The molecule has 0 radical (unpaired) electrons. The molecule has 1 aromatic carbocycles. The van der Waals surface area contributed by atoms with Crippen LogP contribution in [0.4, 0.5) is 0 Å². The third-order valence-corrected chi connectivity index (χ3v) is 3.03. The van der Waals surface area contributed by atoms with Gasteiger partial charge < -0.3 is 10.4 Å². The zero-order chi connectivity index (χ0) is 13.5. The molecule has 3 nitrogen and oxygen atoms in total. The second-order valence-electron chi connectivity index (χ2n) is 4.54. The van der Waals surface area contributed by atoms with Gasteiger partial charge in [-0.2, -0.15) is 0 Å². The van der Waals surface area contributed by atoms with E-state index in [0.717, 1.165) is 5.56 Å². The van der Waals surface area contributed by atoms with Crippen molar-refractivity contribution in [1.29, 1.82) is 0 Å².